The number of fused-ring (bicyclic) bond motifs is 4. The van der Waals surface area contributed by atoms with Gasteiger partial charge in [0.2, 0.25) is 0 Å². The van der Waals surface area contributed by atoms with E-state index in [0.29, 0.717) is 7.48 Å². The Morgan fingerprint density at radius 2 is 1.28 bits per heavy atom. The minimum Gasteiger partial charge on any atom is -0.456 e. The van der Waals surface area contributed by atoms with E-state index in [1.165, 1.54) is 10.8 Å². The second kappa shape index (κ2) is 7.51. The van der Waals surface area contributed by atoms with Gasteiger partial charge in [-0.3, -0.25) is 0 Å². The van der Waals surface area contributed by atoms with Crippen LogP contribution in [0.5, 0.6) is 0 Å². The summed E-state index contributed by atoms with van der Waals surface area (Å²) in [7, 11) is 0.359. The Labute approximate surface area is 188 Å². The molecule has 0 fully saturated rings. The van der Waals surface area contributed by atoms with E-state index in [-0.39, 0.29) is 0 Å². The molecule has 0 unspecified atom stereocenters. The lowest BCUT2D eigenvalue weighted by Crippen LogP contribution is -2.49. The third-order valence-electron chi connectivity index (χ3n) is 6.75. The number of hydrogen-bond acceptors (Lipinski definition) is 3. The SMILES string of the molecule is CC(C)(O)C(C)(C)OBc1cccc2c1oc1c(-c3cccc4ccccc34)cccc12. The second-order valence-electron chi connectivity index (χ2n) is 9.46. The standard InChI is InChI=1S/C28H27BO3/c1-27(2,30)28(3,4)32-29-24-17-9-16-23-22-15-8-14-21(25(22)31-26(23)24)20-13-7-11-18-10-5-6-12-19(18)20/h5-17,29-30H,1-4H3. The summed E-state index contributed by atoms with van der Waals surface area (Å²) in [6, 6.07) is 27.3. The lowest BCUT2D eigenvalue weighted by molar-refractivity contribution is -0.0893. The molecule has 0 atom stereocenters. The van der Waals surface area contributed by atoms with Crippen molar-refractivity contribution < 1.29 is 14.2 Å². The molecule has 3 nitrogen and oxygen atoms in total. The predicted molar refractivity (Wildman–Crippen MR) is 135 cm³/mol. The van der Waals surface area contributed by atoms with E-state index < -0.39 is 11.2 Å². The number of aliphatic hydroxyl groups is 1. The molecule has 4 aromatic carbocycles. The molecule has 0 radical (unpaired) electrons. The van der Waals surface area contributed by atoms with Gasteiger partial charge in [0.25, 0.3) is 0 Å². The number of benzene rings is 4. The Balaban J connectivity index is 1.66. The summed E-state index contributed by atoms with van der Waals surface area (Å²) in [6.07, 6.45) is 0. The Morgan fingerprint density at radius 1 is 0.688 bits per heavy atom. The summed E-state index contributed by atoms with van der Waals surface area (Å²) in [5.41, 5.74) is 3.27. The Morgan fingerprint density at radius 3 is 2.06 bits per heavy atom. The molecule has 0 amide bonds. The number of hydrogen-bond donors (Lipinski definition) is 1. The first kappa shape index (κ1) is 20.8. The van der Waals surface area contributed by atoms with Gasteiger partial charge >= 0.3 is 7.48 Å². The van der Waals surface area contributed by atoms with Crippen molar-refractivity contribution in [1.29, 1.82) is 0 Å². The maximum Gasteiger partial charge on any atom is 0.313 e. The van der Waals surface area contributed by atoms with E-state index >= 15 is 0 Å². The van der Waals surface area contributed by atoms with Crippen LogP contribution in [0.25, 0.3) is 43.8 Å². The first-order valence-corrected chi connectivity index (χ1v) is 11.0. The van der Waals surface area contributed by atoms with Crippen LogP contribution < -0.4 is 5.46 Å². The van der Waals surface area contributed by atoms with Crippen molar-refractivity contribution in [2.75, 3.05) is 0 Å². The van der Waals surface area contributed by atoms with Crippen LogP contribution in [0.2, 0.25) is 0 Å². The highest BCUT2D eigenvalue weighted by molar-refractivity contribution is 6.51. The number of para-hydroxylation sites is 2. The van der Waals surface area contributed by atoms with Crippen LogP contribution >= 0.6 is 0 Å². The van der Waals surface area contributed by atoms with Crippen LogP contribution in [-0.4, -0.2) is 23.8 Å². The molecule has 0 aliphatic heterocycles. The molecule has 5 aromatic rings. The molecule has 1 heterocycles. The van der Waals surface area contributed by atoms with Crippen molar-refractivity contribution in [2.45, 2.75) is 38.9 Å². The Hall–Kier alpha value is -3.08. The van der Waals surface area contributed by atoms with Crippen molar-refractivity contribution in [3.63, 3.8) is 0 Å². The highest BCUT2D eigenvalue weighted by Gasteiger charge is 2.36. The van der Waals surface area contributed by atoms with E-state index in [2.05, 4.69) is 66.7 Å². The fourth-order valence-corrected chi connectivity index (χ4v) is 4.10. The Kier molecular flexibility index (Phi) is 4.88. The maximum absolute atomic E-state index is 10.5. The third-order valence-corrected chi connectivity index (χ3v) is 6.75. The van der Waals surface area contributed by atoms with Gasteiger partial charge in [0, 0.05) is 16.3 Å². The minimum absolute atomic E-state index is 0.359. The molecule has 32 heavy (non-hydrogen) atoms. The molecular weight excluding hydrogens is 395 g/mol. The normalized spacial score (nSPS) is 12.7. The van der Waals surface area contributed by atoms with Crippen molar-refractivity contribution in [3.05, 3.63) is 78.9 Å². The molecule has 1 N–H and O–H groups in total. The van der Waals surface area contributed by atoms with Crippen LogP contribution in [0.3, 0.4) is 0 Å². The van der Waals surface area contributed by atoms with Gasteiger partial charge in [0.15, 0.2) is 0 Å². The molecule has 160 valence electrons. The molecule has 1 aromatic heterocycles. The van der Waals surface area contributed by atoms with Gasteiger partial charge < -0.3 is 14.2 Å². The van der Waals surface area contributed by atoms with Gasteiger partial charge in [-0.2, -0.15) is 0 Å². The van der Waals surface area contributed by atoms with E-state index in [0.717, 1.165) is 38.5 Å². The lowest BCUT2D eigenvalue weighted by Gasteiger charge is -2.37. The van der Waals surface area contributed by atoms with Crippen molar-refractivity contribution in [2.24, 2.45) is 0 Å². The molecule has 5 rings (SSSR count). The van der Waals surface area contributed by atoms with Crippen LogP contribution in [0.15, 0.2) is 83.3 Å². The Bertz CT molecular complexity index is 1430. The zero-order chi connectivity index (χ0) is 22.5. The zero-order valence-electron chi connectivity index (χ0n) is 19.0. The van der Waals surface area contributed by atoms with Gasteiger partial charge in [-0.1, -0.05) is 78.9 Å². The summed E-state index contributed by atoms with van der Waals surface area (Å²) in [5, 5.41) is 15.0. The van der Waals surface area contributed by atoms with Gasteiger partial charge in [0.1, 0.15) is 11.2 Å². The van der Waals surface area contributed by atoms with Crippen molar-refractivity contribution in [3.8, 4) is 11.1 Å². The molecule has 0 saturated carbocycles. The summed E-state index contributed by atoms with van der Waals surface area (Å²) < 4.78 is 12.7. The molecule has 0 aliphatic carbocycles. The molecular formula is C28H27BO3. The van der Waals surface area contributed by atoms with Gasteiger partial charge in [-0.25, -0.2) is 0 Å². The first-order chi connectivity index (χ1) is 15.3. The van der Waals surface area contributed by atoms with E-state index in [1.807, 2.05) is 26.0 Å². The third kappa shape index (κ3) is 3.40. The summed E-state index contributed by atoms with van der Waals surface area (Å²) in [5.74, 6) is 0. The summed E-state index contributed by atoms with van der Waals surface area (Å²) >= 11 is 0. The predicted octanol–water partition coefficient (Wildman–Crippen LogP) is 5.95. The number of rotatable bonds is 5. The molecule has 4 heteroatoms. The van der Waals surface area contributed by atoms with Crippen LogP contribution in [0.1, 0.15) is 27.7 Å². The smallest absolute Gasteiger partial charge is 0.313 e. The average molecular weight is 422 g/mol. The monoisotopic (exact) mass is 422 g/mol. The minimum atomic E-state index is -0.962. The lowest BCUT2D eigenvalue weighted by atomic mass is 9.82. The van der Waals surface area contributed by atoms with E-state index in [4.69, 9.17) is 9.07 Å². The maximum atomic E-state index is 10.5. The van der Waals surface area contributed by atoms with Crippen molar-refractivity contribution in [1.82, 2.24) is 0 Å². The molecule has 0 saturated heterocycles. The van der Waals surface area contributed by atoms with Crippen LogP contribution in [-0.2, 0) is 4.65 Å². The van der Waals surface area contributed by atoms with Gasteiger partial charge in [0.05, 0.1) is 11.2 Å². The molecule has 0 bridgehead atoms. The molecule has 0 spiro atoms. The average Bonchev–Trinajstić information content (AvgIpc) is 3.16. The fraction of sp³-hybridized carbons (Fsp3) is 0.214. The summed E-state index contributed by atoms with van der Waals surface area (Å²) in [6.45, 7) is 7.35. The number of furan rings is 1. The van der Waals surface area contributed by atoms with Crippen molar-refractivity contribution >= 4 is 45.7 Å². The zero-order valence-corrected chi connectivity index (χ0v) is 19.0. The highest BCUT2D eigenvalue weighted by atomic mass is 16.5. The first-order valence-electron chi connectivity index (χ1n) is 11.0. The van der Waals surface area contributed by atoms with Gasteiger partial charge in [-0.15, -0.1) is 0 Å². The van der Waals surface area contributed by atoms with Crippen LogP contribution in [0.4, 0.5) is 0 Å². The van der Waals surface area contributed by atoms with E-state index in [1.54, 1.807) is 13.8 Å². The fourth-order valence-electron chi connectivity index (χ4n) is 4.10. The quantitative estimate of drug-likeness (QED) is 0.356. The van der Waals surface area contributed by atoms with Gasteiger partial charge in [-0.05, 0) is 49.5 Å². The topological polar surface area (TPSA) is 42.6 Å². The summed E-state index contributed by atoms with van der Waals surface area (Å²) in [4.78, 5) is 0. The largest absolute Gasteiger partial charge is 0.456 e. The highest BCUT2D eigenvalue weighted by Crippen LogP contribution is 2.38. The second-order valence-corrected chi connectivity index (χ2v) is 9.46. The van der Waals surface area contributed by atoms with E-state index in [9.17, 15) is 5.11 Å². The van der Waals surface area contributed by atoms with Crippen LogP contribution in [0, 0.1) is 0 Å². The molecule has 0 aliphatic rings.